The first-order valence-electron chi connectivity index (χ1n) is 3.82. The van der Waals surface area contributed by atoms with Crippen molar-refractivity contribution >= 4 is 5.97 Å². The van der Waals surface area contributed by atoms with Gasteiger partial charge in [0.2, 0.25) is 5.88 Å². The van der Waals surface area contributed by atoms with E-state index < -0.39 is 5.97 Å². The van der Waals surface area contributed by atoms with E-state index in [1.807, 2.05) is 6.07 Å². The Balaban J connectivity index is 3.05. The minimum absolute atomic E-state index is 0.216. The Morgan fingerprint density at radius 1 is 1.71 bits per heavy atom. The third kappa shape index (κ3) is 2.45. The number of carboxylic acid groups (broad SMARTS) is 1. The van der Waals surface area contributed by atoms with Gasteiger partial charge in [-0.25, -0.2) is 4.98 Å². The van der Waals surface area contributed by atoms with Crippen LogP contribution in [0.25, 0.3) is 0 Å². The molecule has 0 saturated heterocycles. The van der Waals surface area contributed by atoms with Crippen molar-refractivity contribution in [3.8, 4) is 11.9 Å². The summed E-state index contributed by atoms with van der Waals surface area (Å²) in [6, 6.07) is 4.78. The van der Waals surface area contributed by atoms with Gasteiger partial charge in [0.25, 0.3) is 0 Å². The topological polar surface area (TPSA) is 83.2 Å². The average molecular weight is 192 g/mol. The number of ether oxygens (including phenoxy) is 1. The summed E-state index contributed by atoms with van der Waals surface area (Å²) in [5.41, 5.74) is 0.654. The molecule has 1 heterocycles. The van der Waals surface area contributed by atoms with Crippen molar-refractivity contribution in [3.05, 3.63) is 23.4 Å². The van der Waals surface area contributed by atoms with Crippen LogP contribution in [0.2, 0.25) is 0 Å². The van der Waals surface area contributed by atoms with Crippen molar-refractivity contribution in [2.75, 3.05) is 7.11 Å². The summed E-state index contributed by atoms with van der Waals surface area (Å²) in [6.45, 7) is 0. The van der Waals surface area contributed by atoms with Crippen LogP contribution in [0.5, 0.6) is 5.88 Å². The van der Waals surface area contributed by atoms with E-state index in [2.05, 4.69) is 4.98 Å². The first-order valence-corrected chi connectivity index (χ1v) is 3.82. The Kier molecular flexibility index (Phi) is 3.02. The van der Waals surface area contributed by atoms with Gasteiger partial charge in [0.15, 0.2) is 0 Å². The van der Waals surface area contributed by atoms with Gasteiger partial charge < -0.3 is 9.84 Å². The van der Waals surface area contributed by atoms with Crippen LogP contribution in [-0.2, 0) is 11.2 Å². The second kappa shape index (κ2) is 4.23. The molecule has 0 unspecified atom stereocenters. The molecular weight excluding hydrogens is 184 g/mol. The Hall–Kier alpha value is -2.09. The maximum absolute atomic E-state index is 10.4. The first-order chi connectivity index (χ1) is 6.65. The van der Waals surface area contributed by atoms with Crippen LogP contribution in [-0.4, -0.2) is 23.2 Å². The molecule has 5 heteroatoms. The smallest absolute Gasteiger partial charge is 0.309 e. The lowest BCUT2D eigenvalue weighted by atomic mass is 10.2. The summed E-state index contributed by atoms with van der Waals surface area (Å²) in [7, 11) is 1.41. The van der Waals surface area contributed by atoms with Crippen molar-refractivity contribution in [1.82, 2.24) is 4.98 Å². The van der Waals surface area contributed by atoms with Gasteiger partial charge in [0, 0.05) is 6.07 Å². The second-order valence-electron chi connectivity index (χ2n) is 2.57. The summed E-state index contributed by atoms with van der Waals surface area (Å²) in [5.74, 6) is -0.741. The van der Waals surface area contributed by atoms with Crippen LogP contribution in [0.3, 0.4) is 0 Å². The van der Waals surface area contributed by atoms with Gasteiger partial charge in [-0.3, -0.25) is 4.79 Å². The van der Waals surface area contributed by atoms with Crippen LogP contribution in [0.4, 0.5) is 0 Å². The lowest BCUT2D eigenvalue weighted by molar-refractivity contribution is -0.136. The average Bonchev–Trinajstić information content (AvgIpc) is 2.16. The SMILES string of the molecule is COc1cc(C#N)cc(CC(=O)O)n1. The van der Waals surface area contributed by atoms with Gasteiger partial charge in [-0.1, -0.05) is 0 Å². The molecule has 0 aliphatic rings. The van der Waals surface area contributed by atoms with E-state index in [0.717, 1.165) is 0 Å². The van der Waals surface area contributed by atoms with Crippen LogP contribution >= 0.6 is 0 Å². The maximum atomic E-state index is 10.4. The lowest BCUT2D eigenvalue weighted by Gasteiger charge is -2.01. The number of rotatable bonds is 3. The maximum Gasteiger partial charge on any atom is 0.309 e. The highest BCUT2D eigenvalue weighted by atomic mass is 16.5. The molecule has 0 aliphatic heterocycles. The summed E-state index contributed by atoms with van der Waals surface area (Å²) >= 11 is 0. The Labute approximate surface area is 80.6 Å². The molecule has 72 valence electrons. The highest BCUT2D eigenvalue weighted by molar-refractivity contribution is 5.69. The quantitative estimate of drug-likeness (QED) is 0.757. The standard InChI is InChI=1S/C9H8N2O3/c1-14-8-3-6(5-10)2-7(11-8)4-9(12)13/h2-3H,4H2,1H3,(H,12,13). The highest BCUT2D eigenvalue weighted by Gasteiger charge is 2.06. The molecule has 0 amide bonds. The number of aliphatic carboxylic acids is 1. The second-order valence-corrected chi connectivity index (χ2v) is 2.57. The zero-order chi connectivity index (χ0) is 10.6. The molecule has 0 aromatic carbocycles. The predicted molar refractivity (Wildman–Crippen MR) is 46.8 cm³/mol. The molecule has 1 N–H and O–H groups in total. The highest BCUT2D eigenvalue weighted by Crippen LogP contribution is 2.11. The summed E-state index contributed by atoms with van der Waals surface area (Å²) in [6.07, 6.45) is -0.216. The van der Waals surface area contributed by atoms with E-state index in [-0.39, 0.29) is 12.3 Å². The fraction of sp³-hybridized carbons (Fsp3) is 0.222. The van der Waals surface area contributed by atoms with Crippen molar-refractivity contribution in [2.45, 2.75) is 6.42 Å². The van der Waals surface area contributed by atoms with Crippen LogP contribution < -0.4 is 4.74 Å². The molecule has 5 nitrogen and oxygen atoms in total. The largest absolute Gasteiger partial charge is 0.481 e. The van der Waals surface area contributed by atoms with E-state index in [4.69, 9.17) is 15.1 Å². The summed E-state index contributed by atoms with van der Waals surface area (Å²) in [5, 5.41) is 17.2. The van der Waals surface area contributed by atoms with Crippen LogP contribution in [0.15, 0.2) is 12.1 Å². The number of pyridine rings is 1. The van der Waals surface area contributed by atoms with Crippen molar-refractivity contribution in [3.63, 3.8) is 0 Å². The number of hydrogen-bond donors (Lipinski definition) is 1. The van der Waals surface area contributed by atoms with Crippen LogP contribution in [0, 0.1) is 11.3 Å². The molecule has 1 aromatic heterocycles. The minimum Gasteiger partial charge on any atom is -0.481 e. The number of aromatic nitrogens is 1. The number of carbonyl (C=O) groups is 1. The van der Waals surface area contributed by atoms with Crippen molar-refractivity contribution in [2.24, 2.45) is 0 Å². The monoisotopic (exact) mass is 192 g/mol. The zero-order valence-electron chi connectivity index (χ0n) is 7.52. The van der Waals surface area contributed by atoms with Crippen molar-refractivity contribution < 1.29 is 14.6 Å². The number of carboxylic acids is 1. The first kappa shape index (κ1) is 9.99. The van der Waals surface area contributed by atoms with Crippen molar-refractivity contribution in [1.29, 1.82) is 5.26 Å². The molecule has 0 radical (unpaired) electrons. The Morgan fingerprint density at radius 3 is 2.93 bits per heavy atom. The molecule has 1 aromatic rings. The predicted octanol–water partition coefficient (Wildman–Crippen LogP) is 0.589. The van der Waals surface area contributed by atoms with E-state index in [0.29, 0.717) is 11.3 Å². The van der Waals surface area contributed by atoms with Gasteiger partial charge in [-0.2, -0.15) is 5.26 Å². The molecule has 1 rings (SSSR count). The Bertz CT molecular complexity index is 396. The number of methoxy groups -OCH3 is 1. The van der Waals surface area contributed by atoms with Crippen LogP contribution in [0.1, 0.15) is 11.3 Å². The molecule has 0 spiro atoms. The molecule has 0 saturated carbocycles. The third-order valence-corrected chi connectivity index (χ3v) is 1.53. The van der Waals surface area contributed by atoms with E-state index in [1.54, 1.807) is 0 Å². The molecule has 0 aliphatic carbocycles. The molecular formula is C9H8N2O3. The molecule has 0 bridgehead atoms. The van der Waals surface area contributed by atoms with E-state index in [1.165, 1.54) is 19.2 Å². The molecule has 0 atom stereocenters. The number of nitriles is 1. The third-order valence-electron chi connectivity index (χ3n) is 1.53. The fourth-order valence-corrected chi connectivity index (χ4v) is 0.975. The number of nitrogens with zero attached hydrogens (tertiary/aromatic N) is 2. The van der Waals surface area contributed by atoms with Gasteiger partial charge in [-0.15, -0.1) is 0 Å². The molecule has 0 fully saturated rings. The molecule has 14 heavy (non-hydrogen) atoms. The summed E-state index contributed by atoms with van der Waals surface area (Å²) in [4.78, 5) is 14.3. The van der Waals surface area contributed by atoms with Gasteiger partial charge in [-0.05, 0) is 6.07 Å². The Morgan fingerprint density at radius 2 is 2.43 bits per heavy atom. The van der Waals surface area contributed by atoms with Gasteiger partial charge >= 0.3 is 5.97 Å². The minimum atomic E-state index is -0.991. The van der Waals surface area contributed by atoms with E-state index in [9.17, 15) is 4.79 Å². The summed E-state index contributed by atoms with van der Waals surface area (Å²) < 4.78 is 4.82. The van der Waals surface area contributed by atoms with Gasteiger partial charge in [0.05, 0.1) is 30.9 Å². The fourth-order valence-electron chi connectivity index (χ4n) is 0.975. The normalized spacial score (nSPS) is 9.14. The van der Waals surface area contributed by atoms with Gasteiger partial charge in [0.1, 0.15) is 0 Å². The zero-order valence-corrected chi connectivity index (χ0v) is 7.52. The van der Waals surface area contributed by atoms with E-state index >= 15 is 0 Å². The lowest BCUT2D eigenvalue weighted by Crippen LogP contribution is -2.03. The number of hydrogen-bond acceptors (Lipinski definition) is 4.